The first-order chi connectivity index (χ1) is 17.5. The lowest BCUT2D eigenvalue weighted by Gasteiger charge is -2.43. The Morgan fingerprint density at radius 1 is 0.811 bits per heavy atom. The highest BCUT2D eigenvalue weighted by molar-refractivity contribution is 6.30. The van der Waals surface area contributed by atoms with Crippen LogP contribution in [0.15, 0.2) is 42.5 Å². The quantitative estimate of drug-likeness (QED) is 0.371. The van der Waals surface area contributed by atoms with Crippen molar-refractivity contribution < 1.29 is 26.3 Å². The number of halogens is 7. The van der Waals surface area contributed by atoms with Crippen molar-refractivity contribution in [2.24, 2.45) is 0 Å². The summed E-state index contributed by atoms with van der Waals surface area (Å²) in [5.74, 6) is 0. The average molecular weight is 548 g/mol. The molecule has 1 atom stereocenters. The van der Waals surface area contributed by atoms with E-state index < -0.39 is 23.5 Å². The topological polar surface area (TPSA) is 18.5 Å². The monoisotopic (exact) mass is 547 g/mol. The molecule has 1 unspecified atom stereocenters. The second kappa shape index (κ2) is 11.9. The van der Waals surface area contributed by atoms with Gasteiger partial charge in [-0.05, 0) is 54.3 Å². The van der Waals surface area contributed by atoms with Crippen molar-refractivity contribution in [3.8, 4) is 0 Å². The van der Waals surface area contributed by atoms with Crippen molar-refractivity contribution in [1.82, 2.24) is 15.1 Å². The lowest BCUT2D eigenvalue weighted by atomic mass is 9.93. The van der Waals surface area contributed by atoms with Crippen molar-refractivity contribution >= 4 is 11.6 Å². The molecule has 4 rings (SSSR count). The Bertz CT molecular complexity index is 978. The van der Waals surface area contributed by atoms with Crippen LogP contribution >= 0.6 is 11.6 Å². The summed E-state index contributed by atoms with van der Waals surface area (Å²) in [6.07, 6.45) is -3.41. The van der Waals surface area contributed by atoms with Gasteiger partial charge in [-0.15, -0.1) is 0 Å². The van der Waals surface area contributed by atoms with Gasteiger partial charge in [0.1, 0.15) is 0 Å². The van der Waals surface area contributed by atoms with Gasteiger partial charge < -0.3 is 5.32 Å². The van der Waals surface area contributed by atoms with E-state index in [0.717, 1.165) is 43.9 Å². The van der Waals surface area contributed by atoms with E-state index >= 15 is 0 Å². The van der Waals surface area contributed by atoms with Crippen LogP contribution in [0.2, 0.25) is 5.02 Å². The summed E-state index contributed by atoms with van der Waals surface area (Å²) in [6, 6.07) is 9.71. The number of nitrogens with zero attached hydrogens (tertiary/aromatic N) is 2. The third kappa shape index (κ3) is 7.62. The third-order valence-corrected chi connectivity index (χ3v) is 7.70. The number of rotatable bonds is 7. The lowest BCUT2D eigenvalue weighted by molar-refractivity contribution is -0.143. The maximum absolute atomic E-state index is 13.2. The van der Waals surface area contributed by atoms with Crippen LogP contribution in [0.5, 0.6) is 0 Å². The van der Waals surface area contributed by atoms with Gasteiger partial charge in [0.05, 0.1) is 11.1 Å². The van der Waals surface area contributed by atoms with Gasteiger partial charge in [0, 0.05) is 56.4 Å². The Hall–Kier alpha value is -1.81. The summed E-state index contributed by atoms with van der Waals surface area (Å²) in [6.45, 7) is 3.83. The second-order valence-electron chi connectivity index (χ2n) is 9.98. The Labute approximate surface area is 218 Å². The van der Waals surface area contributed by atoms with Gasteiger partial charge in [-0.2, -0.15) is 26.3 Å². The third-order valence-electron chi connectivity index (χ3n) is 7.45. The minimum atomic E-state index is -4.86. The number of hydrogen-bond acceptors (Lipinski definition) is 3. The highest BCUT2D eigenvalue weighted by Crippen LogP contribution is 2.36. The summed E-state index contributed by atoms with van der Waals surface area (Å²) in [4.78, 5) is 4.89. The predicted molar refractivity (Wildman–Crippen MR) is 132 cm³/mol. The zero-order chi connectivity index (χ0) is 26.6. The van der Waals surface area contributed by atoms with Crippen molar-refractivity contribution in [3.63, 3.8) is 0 Å². The molecule has 2 fully saturated rings. The number of alkyl halides is 6. The molecule has 1 saturated carbocycles. The van der Waals surface area contributed by atoms with E-state index in [1.165, 1.54) is 32.1 Å². The summed E-state index contributed by atoms with van der Waals surface area (Å²) in [5.41, 5.74) is -1.65. The molecule has 0 spiro atoms. The van der Waals surface area contributed by atoms with E-state index in [1.54, 1.807) is 12.1 Å². The molecule has 1 aliphatic carbocycles. The molecule has 3 nitrogen and oxygen atoms in total. The first-order valence-electron chi connectivity index (χ1n) is 12.7. The summed E-state index contributed by atoms with van der Waals surface area (Å²) in [7, 11) is 0. The largest absolute Gasteiger partial charge is 0.416 e. The molecule has 37 heavy (non-hydrogen) atoms. The van der Waals surface area contributed by atoms with Crippen LogP contribution in [0, 0.1) is 0 Å². The highest BCUT2D eigenvalue weighted by Gasteiger charge is 2.37. The molecule has 0 bridgehead atoms. The standard InChI is InChI=1S/C27H32ClF6N3/c28-23-8-6-20(7-9-23)25(37-12-10-36(11-13-37)24-4-2-1-3-5-24)18-35-17-19-14-21(26(29,30)31)16-22(15-19)27(32,33)34/h6-9,14-16,24-25,35H,1-5,10-13,17-18H2. The van der Waals surface area contributed by atoms with Gasteiger partial charge in [-0.1, -0.05) is 43.0 Å². The van der Waals surface area contributed by atoms with Gasteiger partial charge in [0.2, 0.25) is 0 Å². The molecule has 0 aromatic heterocycles. The van der Waals surface area contributed by atoms with Crippen LogP contribution in [-0.2, 0) is 18.9 Å². The van der Waals surface area contributed by atoms with Gasteiger partial charge in [-0.25, -0.2) is 0 Å². The van der Waals surface area contributed by atoms with E-state index in [-0.39, 0.29) is 24.2 Å². The lowest BCUT2D eigenvalue weighted by Crippen LogP contribution is -2.52. The van der Waals surface area contributed by atoms with Gasteiger partial charge >= 0.3 is 12.4 Å². The molecular formula is C27H32ClF6N3. The minimum absolute atomic E-state index is 0.0564. The van der Waals surface area contributed by atoms with Crippen molar-refractivity contribution in [3.05, 3.63) is 69.7 Å². The molecule has 1 N–H and O–H groups in total. The maximum atomic E-state index is 13.2. The Kier molecular flexibility index (Phi) is 9.09. The van der Waals surface area contributed by atoms with E-state index in [1.807, 2.05) is 12.1 Å². The highest BCUT2D eigenvalue weighted by atomic mass is 35.5. The summed E-state index contributed by atoms with van der Waals surface area (Å²) >= 11 is 6.08. The van der Waals surface area contributed by atoms with Crippen molar-refractivity contribution in [2.45, 2.75) is 63.1 Å². The van der Waals surface area contributed by atoms with E-state index in [0.29, 0.717) is 17.6 Å². The van der Waals surface area contributed by atoms with Gasteiger partial charge in [0.25, 0.3) is 0 Å². The molecule has 2 aromatic rings. The predicted octanol–water partition coefficient (Wildman–Crippen LogP) is 7.16. The fourth-order valence-electron chi connectivity index (χ4n) is 5.48. The zero-order valence-electron chi connectivity index (χ0n) is 20.5. The van der Waals surface area contributed by atoms with Gasteiger partial charge in [0.15, 0.2) is 0 Å². The smallest absolute Gasteiger partial charge is 0.311 e. The fraction of sp³-hybridized carbons (Fsp3) is 0.556. The number of hydrogen-bond donors (Lipinski definition) is 1. The molecule has 0 radical (unpaired) electrons. The van der Waals surface area contributed by atoms with E-state index in [2.05, 4.69) is 15.1 Å². The van der Waals surface area contributed by atoms with E-state index in [4.69, 9.17) is 11.6 Å². The van der Waals surface area contributed by atoms with Crippen LogP contribution < -0.4 is 5.32 Å². The first-order valence-corrected chi connectivity index (χ1v) is 13.1. The van der Waals surface area contributed by atoms with Crippen molar-refractivity contribution in [1.29, 1.82) is 0 Å². The molecule has 10 heteroatoms. The Morgan fingerprint density at radius 3 is 1.92 bits per heavy atom. The Balaban J connectivity index is 1.45. The molecule has 1 aliphatic heterocycles. The van der Waals surface area contributed by atoms with Crippen LogP contribution in [0.25, 0.3) is 0 Å². The minimum Gasteiger partial charge on any atom is -0.311 e. The van der Waals surface area contributed by atoms with Gasteiger partial charge in [-0.3, -0.25) is 9.80 Å². The first kappa shape index (κ1) is 28.2. The molecule has 1 heterocycles. The fourth-order valence-corrected chi connectivity index (χ4v) is 5.60. The maximum Gasteiger partial charge on any atom is 0.416 e. The molecule has 2 aromatic carbocycles. The molecule has 2 aliphatic rings. The number of nitrogens with one attached hydrogen (secondary N) is 1. The van der Waals surface area contributed by atoms with Crippen molar-refractivity contribution in [2.75, 3.05) is 32.7 Å². The van der Waals surface area contributed by atoms with Crippen LogP contribution in [0.4, 0.5) is 26.3 Å². The van der Waals surface area contributed by atoms with Crippen LogP contribution in [0.3, 0.4) is 0 Å². The van der Waals surface area contributed by atoms with E-state index in [9.17, 15) is 26.3 Å². The SMILES string of the molecule is FC(F)(F)c1cc(CNCC(c2ccc(Cl)cc2)N2CCN(C3CCCCC3)CC2)cc(C(F)(F)F)c1. The zero-order valence-corrected chi connectivity index (χ0v) is 21.3. The second-order valence-corrected chi connectivity index (χ2v) is 10.4. The molecular weight excluding hydrogens is 516 g/mol. The van der Waals surface area contributed by atoms with Crippen LogP contribution in [0.1, 0.15) is 60.4 Å². The van der Waals surface area contributed by atoms with Crippen LogP contribution in [-0.4, -0.2) is 48.6 Å². The average Bonchev–Trinajstić information content (AvgIpc) is 2.87. The normalized spacial score (nSPS) is 19.8. The molecule has 1 saturated heterocycles. The number of piperazine rings is 1. The Morgan fingerprint density at radius 2 is 1.38 bits per heavy atom. The summed E-state index contributed by atoms with van der Waals surface area (Å²) < 4.78 is 79.4. The molecule has 0 amide bonds. The number of benzene rings is 2. The summed E-state index contributed by atoms with van der Waals surface area (Å²) in [5, 5.41) is 3.72. The molecule has 204 valence electrons.